The molecule has 100 valence electrons. The Morgan fingerprint density at radius 2 is 1.79 bits per heavy atom. The van der Waals surface area contributed by atoms with Gasteiger partial charge in [-0.15, -0.1) is 0 Å². The molecule has 5 heteroatoms. The molecule has 0 aliphatic rings. The van der Waals surface area contributed by atoms with Crippen LogP contribution in [0.3, 0.4) is 0 Å². The minimum Gasteiger partial charge on any atom is -0.494 e. The van der Waals surface area contributed by atoms with E-state index in [0.29, 0.717) is 21.2 Å². The molecule has 0 aromatic heterocycles. The largest absolute Gasteiger partial charge is 0.494 e. The smallest absolute Gasteiger partial charge is 0.165 e. The van der Waals surface area contributed by atoms with Crippen molar-refractivity contribution < 1.29 is 9.13 Å². The molecule has 2 N–H and O–H groups in total. The summed E-state index contributed by atoms with van der Waals surface area (Å²) in [4.78, 5) is 0. The van der Waals surface area contributed by atoms with Crippen LogP contribution in [0.25, 0.3) is 0 Å². The van der Waals surface area contributed by atoms with Gasteiger partial charge in [0.1, 0.15) is 0 Å². The second-order valence-electron chi connectivity index (χ2n) is 4.01. The first kappa shape index (κ1) is 14.1. The molecule has 0 saturated carbocycles. The Morgan fingerprint density at radius 1 is 1.16 bits per heavy atom. The molecule has 0 aliphatic heterocycles. The van der Waals surface area contributed by atoms with E-state index >= 15 is 0 Å². The van der Waals surface area contributed by atoms with Gasteiger partial charge in [0.15, 0.2) is 11.6 Å². The molecule has 0 bridgehead atoms. The molecule has 0 heterocycles. The summed E-state index contributed by atoms with van der Waals surface area (Å²) in [7, 11) is 1.41. The van der Waals surface area contributed by atoms with Crippen molar-refractivity contribution in [1.29, 1.82) is 0 Å². The van der Waals surface area contributed by atoms with Crippen molar-refractivity contribution in [3.05, 3.63) is 63.4 Å². The number of ether oxygens (including phenoxy) is 1. The van der Waals surface area contributed by atoms with Gasteiger partial charge in [-0.3, -0.25) is 0 Å². The van der Waals surface area contributed by atoms with Crippen LogP contribution in [-0.2, 0) is 0 Å². The summed E-state index contributed by atoms with van der Waals surface area (Å²) in [5.41, 5.74) is 7.26. The quantitative estimate of drug-likeness (QED) is 0.922. The monoisotopic (exact) mass is 299 g/mol. The van der Waals surface area contributed by atoms with E-state index in [2.05, 4.69) is 0 Å². The molecule has 0 radical (unpaired) electrons. The summed E-state index contributed by atoms with van der Waals surface area (Å²) >= 11 is 12.2. The van der Waals surface area contributed by atoms with Gasteiger partial charge in [0.2, 0.25) is 0 Å². The lowest BCUT2D eigenvalue weighted by Gasteiger charge is -2.16. The Bertz CT molecular complexity index is 584. The molecule has 0 fully saturated rings. The highest BCUT2D eigenvalue weighted by Gasteiger charge is 2.17. The van der Waals surface area contributed by atoms with Crippen molar-refractivity contribution >= 4 is 23.2 Å². The molecule has 2 aromatic rings. The number of methoxy groups -OCH3 is 1. The maximum Gasteiger partial charge on any atom is 0.165 e. The molecular formula is C14H12Cl2FNO. The normalized spacial score (nSPS) is 12.3. The molecule has 2 aromatic carbocycles. The van der Waals surface area contributed by atoms with E-state index in [4.69, 9.17) is 33.7 Å². The third-order valence-corrected chi connectivity index (χ3v) is 3.50. The lowest BCUT2D eigenvalue weighted by Crippen LogP contribution is -2.13. The van der Waals surface area contributed by atoms with Crippen LogP contribution in [0, 0.1) is 5.82 Å². The van der Waals surface area contributed by atoms with E-state index < -0.39 is 11.9 Å². The van der Waals surface area contributed by atoms with Gasteiger partial charge in [-0.2, -0.15) is 0 Å². The van der Waals surface area contributed by atoms with Gasteiger partial charge < -0.3 is 10.5 Å². The van der Waals surface area contributed by atoms with E-state index in [0.717, 1.165) is 0 Å². The van der Waals surface area contributed by atoms with Crippen molar-refractivity contribution in [2.75, 3.05) is 7.11 Å². The Balaban J connectivity index is 2.44. The standard InChI is InChI=1S/C14H12Cl2FNO/c1-19-12-6-5-8(7-11(12)17)14(18)13-9(15)3-2-4-10(13)16/h2-7,14H,18H2,1H3. The zero-order valence-corrected chi connectivity index (χ0v) is 11.7. The van der Waals surface area contributed by atoms with Crippen molar-refractivity contribution in [2.45, 2.75) is 6.04 Å². The van der Waals surface area contributed by atoms with Gasteiger partial charge in [0.05, 0.1) is 13.2 Å². The minimum absolute atomic E-state index is 0.168. The second kappa shape index (κ2) is 5.78. The summed E-state index contributed by atoms with van der Waals surface area (Å²) in [6, 6.07) is 9.06. The van der Waals surface area contributed by atoms with E-state index in [-0.39, 0.29) is 5.75 Å². The Labute approximate surface area is 120 Å². The van der Waals surface area contributed by atoms with Gasteiger partial charge in [0, 0.05) is 15.6 Å². The van der Waals surface area contributed by atoms with Crippen LogP contribution in [0.1, 0.15) is 17.2 Å². The number of halogens is 3. The molecule has 0 amide bonds. The highest BCUT2D eigenvalue weighted by Crippen LogP contribution is 2.33. The molecule has 1 unspecified atom stereocenters. The summed E-state index contributed by atoms with van der Waals surface area (Å²) < 4.78 is 18.5. The Hall–Kier alpha value is -1.29. The van der Waals surface area contributed by atoms with Crippen LogP contribution < -0.4 is 10.5 Å². The second-order valence-corrected chi connectivity index (χ2v) is 4.82. The highest BCUT2D eigenvalue weighted by atomic mass is 35.5. The number of nitrogens with two attached hydrogens (primary N) is 1. The zero-order valence-electron chi connectivity index (χ0n) is 10.2. The number of hydrogen-bond donors (Lipinski definition) is 1. The van der Waals surface area contributed by atoms with Gasteiger partial charge in [-0.05, 0) is 29.8 Å². The van der Waals surface area contributed by atoms with Crippen LogP contribution in [0.2, 0.25) is 10.0 Å². The number of rotatable bonds is 3. The SMILES string of the molecule is COc1ccc(C(N)c2c(Cl)cccc2Cl)cc1F. The van der Waals surface area contributed by atoms with Crippen LogP contribution >= 0.6 is 23.2 Å². The molecule has 0 aliphatic carbocycles. The predicted octanol–water partition coefficient (Wildman–Crippen LogP) is 4.19. The van der Waals surface area contributed by atoms with Crippen molar-refractivity contribution in [1.82, 2.24) is 0 Å². The van der Waals surface area contributed by atoms with E-state index in [9.17, 15) is 4.39 Å². The Morgan fingerprint density at radius 3 is 2.32 bits per heavy atom. The van der Waals surface area contributed by atoms with Crippen molar-refractivity contribution in [3.63, 3.8) is 0 Å². The van der Waals surface area contributed by atoms with E-state index in [1.807, 2.05) is 0 Å². The van der Waals surface area contributed by atoms with Gasteiger partial charge >= 0.3 is 0 Å². The molecular weight excluding hydrogens is 288 g/mol. The summed E-state index contributed by atoms with van der Waals surface area (Å²) in [5.74, 6) is -0.306. The van der Waals surface area contributed by atoms with Gasteiger partial charge in [0.25, 0.3) is 0 Å². The van der Waals surface area contributed by atoms with E-state index in [1.165, 1.54) is 19.2 Å². The molecule has 2 rings (SSSR count). The van der Waals surface area contributed by atoms with Crippen LogP contribution in [0.4, 0.5) is 4.39 Å². The first-order valence-electron chi connectivity index (χ1n) is 5.57. The van der Waals surface area contributed by atoms with E-state index in [1.54, 1.807) is 24.3 Å². The van der Waals surface area contributed by atoms with Gasteiger partial charge in [-0.1, -0.05) is 35.3 Å². The topological polar surface area (TPSA) is 35.2 Å². The average molecular weight is 300 g/mol. The fourth-order valence-corrected chi connectivity index (χ4v) is 2.48. The molecule has 2 nitrogen and oxygen atoms in total. The number of benzene rings is 2. The molecule has 1 atom stereocenters. The van der Waals surface area contributed by atoms with Crippen molar-refractivity contribution in [3.8, 4) is 5.75 Å². The fraction of sp³-hybridized carbons (Fsp3) is 0.143. The third-order valence-electron chi connectivity index (χ3n) is 2.85. The molecule has 0 saturated heterocycles. The predicted molar refractivity (Wildman–Crippen MR) is 75.4 cm³/mol. The average Bonchev–Trinajstić information content (AvgIpc) is 2.38. The molecule has 0 spiro atoms. The lowest BCUT2D eigenvalue weighted by molar-refractivity contribution is 0.386. The highest BCUT2D eigenvalue weighted by molar-refractivity contribution is 6.36. The first-order chi connectivity index (χ1) is 9.04. The number of hydrogen-bond acceptors (Lipinski definition) is 2. The minimum atomic E-state index is -0.596. The first-order valence-corrected chi connectivity index (χ1v) is 6.33. The van der Waals surface area contributed by atoms with Gasteiger partial charge in [-0.25, -0.2) is 4.39 Å². The molecule has 19 heavy (non-hydrogen) atoms. The zero-order chi connectivity index (χ0) is 14.0. The summed E-state index contributed by atoms with van der Waals surface area (Å²) in [5, 5.41) is 0.910. The Kier molecular flexibility index (Phi) is 4.30. The van der Waals surface area contributed by atoms with Crippen LogP contribution in [-0.4, -0.2) is 7.11 Å². The van der Waals surface area contributed by atoms with Crippen molar-refractivity contribution in [2.24, 2.45) is 5.73 Å². The van der Waals surface area contributed by atoms with Crippen LogP contribution in [0.5, 0.6) is 5.75 Å². The maximum absolute atomic E-state index is 13.7. The summed E-state index contributed by atoms with van der Waals surface area (Å²) in [6.07, 6.45) is 0. The van der Waals surface area contributed by atoms with Crippen LogP contribution in [0.15, 0.2) is 36.4 Å². The lowest BCUT2D eigenvalue weighted by atomic mass is 9.99. The maximum atomic E-state index is 13.7. The fourth-order valence-electron chi connectivity index (χ4n) is 1.85. The summed E-state index contributed by atoms with van der Waals surface area (Å²) in [6.45, 7) is 0. The third kappa shape index (κ3) is 2.84.